The van der Waals surface area contributed by atoms with Crippen LogP contribution in [0.3, 0.4) is 0 Å². The number of hydrogen-bond donors (Lipinski definition) is 1. The summed E-state index contributed by atoms with van der Waals surface area (Å²) < 4.78 is 16.3. The van der Waals surface area contributed by atoms with E-state index in [0.29, 0.717) is 17.3 Å². The third kappa shape index (κ3) is 4.20. The second kappa shape index (κ2) is 8.06. The van der Waals surface area contributed by atoms with Gasteiger partial charge in [0.25, 0.3) is 5.91 Å². The summed E-state index contributed by atoms with van der Waals surface area (Å²) in [6, 6.07) is 20.1. The van der Waals surface area contributed by atoms with Crippen molar-refractivity contribution in [3.05, 3.63) is 84.3 Å². The molecule has 0 fully saturated rings. The Bertz CT molecular complexity index is 800. The SMILES string of the molecule is COc1ccccc1OCC(=O)NC(c1ccccc1)c1ccco1. The van der Waals surface area contributed by atoms with Crippen LogP contribution in [0.15, 0.2) is 77.4 Å². The van der Waals surface area contributed by atoms with E-state index in [1.165, 1.54) is 0 Å². The van der Waals surface area contributed by atoms with Crippen molar-refractivity contribution in [1.29, 1.82) is 0 Å². The number of rotatable bonds is 7. The molecule has 0 radical (unpaired) electrons. The summed E-state index contributed by atoms with van der Waals surface area (Å²) >= 11 is 0. The van der Waals surface area contributed by atoms with Crippen LogP contribution in [-0.4, -0.2) is 19.6 Å². The van der Waals surface area contributed by atoms with Gasteiger partial charge in [0.15, 0.2) is 18.1 Å². The van der Waals surface area contributed by atoms with Gasteiger partial charge in [-0.05, 0) is 29.8 Å². The molecule has 0 saturated carbocycles. The Hall–Kier alpha value is -3.21. The Morgan fingerprint density at radius 3 is 2.40 bits per heavy atom. The number of amides is 1. The Morgan fingerprint density at radius 1 is 1.00 bits per heavy atom. The van der Waals surface area contributed by atoms with E-state index in [1.807, 2.05) is 48.5 Å². The van der Waals surface area contributed by atoms with Gasteiger partial charge in [0.1, 0.15) is 11.8 Å². The van der Waals surface area contributed by atoms with Crippen LogP contribution >= 0.6 is 0 Å². The predicted molar refractivity (Wildman–Crippen MR) is 93.6 cm³/mol. The van der Waals surface area contributed by atoms with E-state index in [4.69, 9.17) is 13.9 Å². The molecule has 128 valence electrons. The maximum atomic E-state index is 12.4. The van der Waals surface area contributed by atoms with Crippen molar-refractivity contribution >= 4 is 5.91 Å². The predicted octanol–water partition coefficient (Wildman–Crippen LogP) is 3.57. The van der Waals surface area contributed by atoms with E-state index in [-0.39, 0.29) is 18.6 Å². The lowest BCUT2D eigenvalue weighted by molar-refractivity contribution is -0.123. The largest absolute Gasteiger partial charge is 0.493 e. The minimum absolute atomic E-state index is 0.121. The Balaban J connectivity index is 1.69. The van der Waals surface area contributed by atoms with Gasteiger partial charge in [0, 0.05) is 0 Å². The van der Waals surface area contributed by atoms with Gasteiger partial charge in [-0.2, -0.15) is 0 Å². The van der Waals surface area contributed by atoms with Gasteiger partial charge >= 0.3 is 0 Å². The van der Waals surface area contributed by atoms with Crippen molar-refractivity contribution < 1.29 is 18.7 Å². The highest BCUT2D eigenvalue weighted by molar-refractivity contribution is 5.78. The Morgan fingerprint density at radius 2 is 1.72 bits per heavy atom. The number of furan rings is 1. The van der Waals surface area contributed by atoms with Gasteiger partial charge in [-0.1, -0.05) is 42.5 Å². The molecule has 0 saturated heterocycles. The lowest BCUT2D eigenvalue weighted by Crippen LogP contribution is -2.33. The minimum Gasteiger partial charge on any atom is -0.493 e. The average molecular weight is 337 g/mol. The zero-order chi connectivity index (χ0) is 17.5. The molecular weight excluding hydrogens is 318 g/mol. The fourth-order valence-electron chi connectivity index (χ4n) is 2.50. The molecule has 0 aliphatic heterocycles. The molecular formula is C20H19NO4. The zero-order valence-electron chi connectivity index (χ0n) is 13.8. The van der Waals surface area contributed by atoms with Gasteiger partial charge in [0.05, 0.1) is 13.4 Å². The summed E-state index contributed by atoms with van der Waals surface area (Å²) in [5.74, 6) is 1.52. The molecule has 5 nitrogen and oxygen atoms in total. The van der Waals surface area contributed by atoms with Crippen LogP contribution in [0, 0.1) is 0 Å². The molecule has 1 amide bonds. The van der Waals surface area contributed by atoms with Crippen LogP contribution in [-0.2, 0) is 4.79 Å². The van der Waals surface area contributed by atoms with E-state index in [0.717, 1.165) is 5.56 Å². The van der Waals surface area contributed by atoms with Crippen LogP contribution in [0.25, 0.3) is 0 Å². The molecule has 0 aliphatic rings. The van der Waals surface area contributed by atoms with E-state index in [2.05, 4.69) is 5.32 Å². The molecule has 25 heavy (non-hydrogen) atoms. The standard InChI is InChI=1S/C20H19NO4/c1-23-16-10-5-6-11-17(16)25-14-19(22)21-20(18-12-7-13-24-18)15-8-3-2-4-9-15/h2-13,20H,14H2,1H3,(H,21,22). The molecule has 1 N–H and O–H groups in total. The summed E-state index contributed by atoms with van der Waals surface area (Å²) in [4.78, 5) is 12.4. The summed E-state index contributed by atoms with van der Waals surface area (Å²) in [7, 11) is 1.56. The fourth-order valence-corrected chi connectivity index (χ4v) is 2.50. The maximum Gasteiger partial charge on any atom is 0.258 e. The third-order valence-corrected chi connectivity index (χ3v) is 3.69. The van der Waals surface area contributed by atoms with Crippen LogP contribution in [0.4, 0.5) is 0 Å². The number of carbonyl (C=O) groups is 1. The molecule has 1 unspecified atom stereocenters. The smallest absolute Gasteiger partial charge is 0.258 e. The van der Waals surface area contributed by atoms with Crippen molar-refractivity contribution in [2.45, 2.75) is 6.04 Å². The molecule has 1 heterocycles. The monoisotopic (exact) mass is 337 g/mol. The number of para-hydroxylation sites is 2. The topological polar surface area (TPSA) is 60.7 Å². The number of carbonyl (C=O) groups excluding carboxylic acids is 1. The molecule has 0 aliphatic carbocycles. The summed E-state index contributed by atoms with van der Waals surface area (Å²) in [6.45, 7) is -0.121. The lowest BCUT2D eigenvalue weighted by atomic mass is 10.0. The van der Waals surface area contributed by atoms with E-state index in [9.17, 15) is 4.79 Å². The normalized spacial score (nSPS) is 11.6. The van der Waals surface area contributed by atoms with E-state index in [1.54, 1.807) is 31.6 Å². The van der Waals surface area contributed by atoms with Crippen molar-refractivity contribution in [3.8, 4) is 11.5 Å². The van der Waals surface area contributed by atoms with Gasteiger partial charge in [-0.15, -0.1) is 0 Å². The summed E-state index contributed by atoms with van der Waals surface area (Å²) in [6.07, 6.45) is 1.59. The number of ether oxygens (including phenoxy) is 2. The first-order valence-electron chi connectivity index (χ1n) is 7.91. The Kier molecular flexibility index (Phi) is 5.36. The second-order valence-corrected chi connectivity index (χ2v) is 5.37. The first-order valence-corrected chi connectivity index (χ1v) is 7.91. The molecule has 5 heteroatoms. The van der Waals surface area contributed by atoms with E-state index < -0.39 is 0 Å². The number of hydrogen-bond acceptors (Lipinski definition) is 4. The first-order chi connectivity index (χ1) is 12.3. The quantitative estimate of drug-likeness (QED) is 0.716. The maximum absolute atomic E-state index is 12.4. The summed E-state index contributed by atoms with van der Waals surface area (Å²) in [5.41, 5.74) is 0.933. The van der Waals surface area contributed by atoms with Gasteiger partial charge < -0.3 is 19.2 Å². The van der Waals surface area contributed by atoms with Crippen LogP contribution < -0.4 is 14.8 Å². The van der Waals surface area contributed by atoms with Crippen LogP contribution in [0.2, 0.25) is 0 Å². The number of methoxy groups -OCH3 is 1. The van der Waals surface area contributed by atoms with Gasteiger partial charge in [-0.25, -0.2) is 0 Å². The number of nitrogens with one attached hydrogen (secondary N) is 1. The van der Waals surface area contributed by atoms with Gasteiger partial charge in [-0.3, -0.25) is 4.79 Å². The molecule has 0 spiro atoms. The highest BCUT2D eigenvalue weighted by Crippen LogP contribution is 2.26. The molecule has 1 aromatic heterocycles. The third-order valence-electron chi connectivity index (χ3n) is 3.69. The summed E-state index contributed by atoms with van der Waals surface area (Å²) in [5, 5.41) is 2.94. The molecule has 2 aromatic carbocycles. The first kappa shape index (κ1) is 16.6. The fraction of sp³-hybridized carbons (Fsp3) is 0.150. The number of benzene rings is 2. The molecule has 0 bridgehead atoms. The van der Waals surface area contributed by atoms with Crippen molar-refractivity contribution in [2.24, 2.45) is 0 Å². The van der Waals surface area contributed by atoms with E-state index >= 15 is 0 Å². The zero-order valence-corrected chi connectivity index (χ0v) is 13.8. The minimum atomic E-state index is -0.370. The molecule has 3 rings (SSSR count). The van der Waals surface area contributed by atoms with Gasteiger partial charge in [0.2, 0.25) is 0 Å². The van der Waals surface area contributed by atoms with Crippen molar-refractivity contribution in [2.75, 3.05) is 13.7 Å². The lowest BCUT2D eigenvalue weighted by Gasteiger charge is -2.17. The van der Waals surface area contributed by atoms with Crippen LogP contribution in [0.1, 0.15) is 17.4 Å². The second-order valence-electron chi connectivity index (χ2n) is 5.37. The van der Waals surface area contributed by atoms with Crippen LogP contribution in [0.5, 0.6) is 11.5 Å². The van der Waals surface area contributed by atoms with Crippen molar-refractivity contribution in [1.82, 2.24) is 5.32 Å². The Labute approximate surface area is 146 Å². The highest BCUT2D eigenvalue weighted by atomic mass is 16.5. The highest BCUT2D eigenvalue weighted by Gasteiger charge is 2.19. The molecule has 3 aromatic rings. The van der Waals surface area contributed by atoms with Crippen molar-refractivity contribution in [3.63, 3.8) is 0 Å². The average Bonchev–Trinajstić information content (AvgIpc) is 3.20. The molecule has 1 atom stereocenters.